The van der Waals surface area contributed by atoms with Crippen LogP contribution in [-0.2, 0) is 67.2 Å². The van der Waals surface area contributed by atoms with Gasteiger partial charge in [-0.05, 0) is 93.0 Å². The Morgan fingerprint density at radius 2 is 1.38 bits per heavy atom. The molecule has 4 heterocycles. The Hall–Kier alpha value is -9.08. The maximum atomic E-state index is 14.9. The van der Waals surface area contributed by atoms with E-state index in [4.69, 9.17) is 11.5 Å². The number of amides is 10. The van der Waals surface area contributed by atoms with E-state index in [0.717, 1.165) is 5.52 Å². The van der Waals surface area contributed by atoms with Crippen LogP contribution >= 0.6 is 0 Å². The average molecular weight is 1220 g/mol. The summed E-state index contributed by atoms with van der Waals surface area (Å²) in [6, 6.07) is 1.68. The van der Waals surface area contributed by atoms with Crippen molar-refractivity contribution in [3.8, 4) is 5.75 Å². The Morgan fingerprint density at radius 1 is 0.750 bits per heavy atom. The number of benzene rings is 2. The van der Waals surface area contributed by atoms with E-state index in [0.29, 0.717) is 41.6 Å². The lowest BCUT2D eigenvalue weighted by Gasteiger charge is -2.34. The molecule has 88 heavy (non-hydrogen) atoms. The monoisotopic (exact) mass is 1220 g/mol. The predicted molar refractivity (Wildman–Crippen MR) is 325 cm³/mol. The number of likely N-dealkylation sites (tertiary alicyclic amines) is 1. The Labute approximate surface area is 510 Å². The molecule has 2 aromatic heterocycles. The molecule has 0 spiro atoms. The molecule has 0 saturated carbocycles. The van der Waals surface area contributed by atoms with Crippen molar-refractivity contribution in [2.75, 3.05) is 33.3 Å². The van der Waals surface area contributed by atoms with Gasteiger partial charge in [-0.3, -0.25) is 52.9 Å². The number of aromatic amines is 2. The smallest absolute Gasteiger partial charge is 0.245 e. The second-order valence-electron chi connectivity index (χ2n) is 23.2. The zero-order chi connectivity index (χ0) is 64.2. The van der Waals surface area contributed by atoms with Crippen LogP contribution in [0.25, 0.3) is 10.9 Å². The number of aliphatic hydroxyl groups is 1. The van der Waals surface area contributed by atoms with Crippen LogP contribution < -0.4 is 54.0 Å². The minimum atomic E-state index is -1.75. The lowest BCUT2D eigenvalue weighted by Crippen LogP contribution is -2.61. The average Bonchev–Trinajstić information content (AvgIpc) is 4.52. The van der Waals surface area contributed by atoms with Crippen molar-refractivity contribution in [1.82, 2.24) is 67.3 Å². The number of phenolic OH excluding ortho intramolecular Hbond substituents is 1. The Balaban J connectivity index is 1.24. The maximum absolute atomic E-state index is 14.9. The molecule has 16 N–H and O–H groups in total. The highest BCUT2D eigenvalue weighted by atomic mass is 16.3. The van der Waals surface area contributed by atoms with E-state index >= 15 is 0 Å². The Kier molecular flexibility index (Phi) is 25.2. The zero-order valence-electron chi connectivity index (χ0n) is 50.7. The number of rotatable bonds is 32. The van der Waals surface area contributed by atoms with E-state index in [9.17, 15) is 58.2 Å². The molecule has 2 aliphatic rings. The van der Waals surface area contributed by atoms with Gasteiger partial charge in [-0.2, -0.15) is 0 Å². The number of aliphatic hydroxyl groups excluding tert-OH is 1. The minimum absolute atomic E-state index is 0.0509. The van der Waals surface area contributed by atoms with Crippen molar-refractivity contribution in [3.05, 3.63) is 84.1 Å². The van der Waals surface area contributed by atoms with E-state index < -0.39 is 108 Å². The number of guanidine groups is 1. The lowest BCUT2D eigenvalue weighted by atomic mass is 9.97. The summed E-state index contributed by atoms with van der Waals surface area (Å²) < 4.78 is 0. The number of imidazole rings is 1. The number of aromatic nitrogens is 3. The van der Waals surface area contributed by atoms with Gasteiger partial charge in [-0.1, -0.05) is 58.0 Å². The van der Waals surface area contributed by atoms with Crippen LogP contribution in [0.15, 0.2) is 72.2 Å². The van der Waals surface area contributed by atoms with Crippen LogP contribution in [0.1, 0.15) is 103 Å². The molecule has 2 aliphatic heterocycles. The minimum Gasteiger partial charge on any atom is -0.508 e. The second kappa shape index (κ2) is 32.6. The Bertz CT molecular complexity index is 3090. The number of likely N-dealkylation sites (N-methyl/N-ethyl adjacent to an activating group) is 2. The van der Waals surface area contributed by atoms with Crippen molar-refractivity contribution in [2.24, 2.45) is 28.3 Å². The fourth-order valence-electron chi connectivity index (χ4n) is 10.8. The molecule has 478 valence electrons. The summed E-state index contributed by atoms with van der Waals surface area (Å²) in [6.07, 6.45) is 5.86. The van der Waals surface area contributed by atoms with E-state index in [1.165, 1.54) is 53.6 Å². The van der Waals surface area contributed by atoms with Crippen molar-refractivity contribution < 1.29 is 58.2 Å². The number of carbonyl (C=O) groups excluding carboxylic acids is 10. The van der Waals surface area contributed by atoms with E-state index in [-0.39, 0.29) is 106 Å². The predicted octanol–water partition coefficient (Wildman–Crippen LogP) is -1.10. The molecule has 4 aromatic rings. The van der Waals surface area contributed by atoms with Gasteiger partial charge in [0.15, 0.2) is 5.96 Å². The second-order valence-corrected chi connectivity index (χ2v) is 23.2. The molecule has 28 heteroatoms. The first-order valence-corrected chi connectivity index (χ1v) is 29.9. The summed E-state index contributed by atoms with van der Waals surface area (Å²) in [5, 5.41) is 43.3. The summed E-state index contributed by atoms with van der Waals surface area (Å²) in [5.41, 5.74) is 13.3. The van der Waals surface area contributed by atoms with Gasteiger partial charge < -0.3 is 84.0 Å². The van der Waals surface area contributed by atoms with Gasteiger partial charge in [0, 0.05) is 81.4 Å². The summed E-state index contributed by atoms with van der Waals surface area (Å²) in [6.45, 7) is 8.90. The number of fused-ring (bicyclic) bond motifs is 1. The first-order valence-electron chi connectivity index (χ1n) is 29.9. The van der Waals surface area contributed by atoms with Crippen molar-refractivity contribution in [3.63, 3.8) is 0 Å². The van der Waals surface area contributed by atoms with Crippen LogP contribution in [0.3, 0.4) is 0 Å². The van der Waals surface area contributed by atoms with Gasteiger partial charge in [0.2, 0.25) is 59.1 Å². The van der Waals surface area contributed by atoms with Crippen LogP contribution in [0.2, 0.25) is 0 Å². The maximum Gasteiger partial charge on any atom is 0.245 e. The van der Waals surface area contributed by atoms with Crippen LogP contribution in [0.4, 0.5) is 0 Å². The molecule has 0 unspecified atom stereocenters. The third-order valence-electron chi connectivity index (χ3n) is 15.4. The van der Waals surface area contributed by atoms with Gasteiger partial charge in [-0.25, -0.2) is 4.98 Å². The number of H-pyrrole nitrogens is 2. The van der Waals surface area contributed by atoms with Gasteiger partial charge in [0.1, 0.15) is 60.1 Å². The van der Waals surface area contributed by atoms with Crippen molar-refractivity contribution in [1.29, 1.82) is 0 Å². The van der Waals surface area contributed by atoms with E-state index in [2.05, 4.69) is 62.5 Å². The van der Waals surface area contributed by atoms with Crippen LogP contribution in [0.5, 0.6) is 5.75 Å². The molecule has 10 amide bonds. The first kappa shape index (κ1) is 68.0. The molecule has 0 radical (unpaired) electrons. The molecule has 0 bridgehead atoms. The zero-order valence-corrected chi connectivity index (χ0v) is 50.7. The molecule has 9 atom stereocenters. The van der Waals surface area contributed by atoms with E-state index in [1.54, 1.807) is 25.3 Å². The SMILES string of the molecule is CCNC(=O)[C@@H]1CCCN1C(=O)[C@H](CCCN=C(N)N)NC(=O)[C@H](CC(C)C)N(C)C(=O)[C@@H](CC(C)C)NC(=O)[C@H](Cc1ccc(O)cc1)NC(=O)[C@H](CO)NC(=O)[C@H](Cc1c[nH]c2ccccc12)NC(=O)[C@H](Cc1cnc[nH]1)NC(=O)[C@@H]1CCC(=O)N1. The number of nitrogens with two attached hydrogens (primary N) is 2. The molecule has 0 aliphatic carbocycles. The molecule has 2 saturated heterocycles. The number of carbonyl (C=O) groups is 10. The largest absolute Gasteiger partial charge is 0.508 e. The van der Waals surface area contributed by atoms with Crippen molar-refractivity contribution in [2.45, 2.75) is 160 Å². The van der Waals surface area contributed by atoms with Gasteiger partial charge in [-0.15, -0.1) is 0 Å². The summed E-state index contributed by atoms with van der Waals surface area (Å²) in [5.74, 6) is -7.39. The Morgan fingerprint density at radius 3 is 1.99 bits per heavy atom. The molecular weight excluding hydrogens is 1140 g/mol. The number of nitrogens with one attached hydrogen (secondary N) is 10. The standard InChI is InChI=1S/C60H86N16O12/c1-7-64-56(85)48-15-11-23-76(48)59(88)42(14-10-22-65-60(61)62)69-57(86)49(25-34(4)5)75(6)58(87)46(24-33(2)3)73-52(81)43(26-35-16-18-38(78)19-17-35)70-55(84)47(31-77)74-53(82)44(27-36-29-66-40-13-9-8-12-39(36)40)71-54(83)45(28-37-30-63-32-67-37)72-51(80)41-20-21-50(79)68-41/h8-9,12-13,16-19,29-30,32-34,41-49,66,77-78H,7,10-11,14-15,20-28,31H2,1-6H3,(H,63,67)(H,64,85)(H,68,79)(H,69,86)(H,70,84)(H,71,83)(H,72,80)(H,73,81)(H,74,82)(H4,61,62,65)/t41-,42-,43-,44-,45-,46+,47-,48-,49-/m0/s1. The third-order valence-corrected chi connectivity index (χ3v) is 15.4. The first-order chi connectivity index (χ1) is 42.0. The number of nitrogens with zero attached hydrogens (tertiary/aromatic N) is 4. The highest BCUT2D eigenvalue weighted by molar-refractivity contribution is 5.99. The number of hydrogen-bond donors (Lipinski definition) is 14. The van der Waals surface area contributed by atoms with E-state index in [1.807, 2.05) is 39.8 Å². The summed E-state index contributed by atoms with van der Waals surface area (Å²) >= 11 is 0. The summed E-state index contributed by atoms with van der Waals surface area (Å²) in [7, 11) is 1.42. The fraction of sp³-hybridized carbons (Fsp3) is 0.533. The topological polar surface area (TPSA) is 423 Å². The lowest BCUT2D eigenvalue weighted by molar-refractivity contribution is -0.145. The fourth-order valence-corrected chi connectivity index (χ4v) is 10.8. The molecular formula is C60H86N16O12. The molecule has 2 aromatic carbocycles. The number of aliphatic imine (C=N–C) groups is 1. The third kappa shape index (κ3) is 19.5. The number of aromatic hydroxyl groups is 1. The highest BCUT2D eigenvalue weighted by Gasteiger charge is 2.41. The quantitative estimate of drug-likeness (QED) is 0.0157. The molecule has 2 fully saturated rings. The number of hydrogen-bond acceptors (Lipinski definition) is 14. The number of para-hydroxylation sites is 1. The van der Waals surface area contributed by atoms with Gasteiger partial charge >= 0.3 is 0 Å². The highest BCUT2D eigenvalue weighted by Crippen LogP contribution is 2.23. The summed E-state index contributed by atoms with van der Waals surface area (Å²) in [4.78, 5) is 157. The van der Waals surface area contributed by atoms with Crippen molar-refractivity contribution >= 4 is 75.9 Å². The normalized spacial score (nSPS) is 17.1. The molecule has 6 rings (SSSR count). The van der Waals surface area contributed by atoms with Crippen LogP contribution in [-0.4, -0.2) is 188 Å². The van der Waals surface area contributed by atoms with Gasteiger partial charge in [0.25, 0.3) is 0 Å². The van der Waals surface area contributed by atoms with Crippen LogP contribution in [0, 0.1) is 11.8 Å². The molecule has 28 nitrogen and oxygen atoms in total. The van der Waals surface area contributed by atoms with Gasteiger partial charge in [0.05, 0.1) is 12.9 Å². The number of phenols is 1.